The molecule has 5 heteroatoms. The first kappa shape index (κ1) is 18.9. The van der Waals surface area contributed by atoms with Crippen molar-refractivity contribution in [1.82, 2.24) is 10.2 Å². The normalized spacial score (nSPS) is 24.2. The van der Waals surface area contributed by atoms with Crippen LogP contribution in [0.1, 0.15) is 60.8 Å². The summed E-state index contributed by atoms with van der Waals surface area (Å²) in [7, 11) is -3.04. The number of hydrogen-bond acceptors (Lipinski definition) is 4. The fraction of sp³-hybridized carbons (Fsp3) is 1.00. The van der Waals surface area contributed by atoms with E-state index in [-0.39, 0.29) is 11.3 Å². The van der Waals surface area contributed by atoms with Crippen molar-refractivity contribution in [2.45, 2.75) is 77.1 Å². The van der Waals surface area contributed by atoms with Crippen LogP contribution >= 0.6 is 0 Å². The summed E-state index contributed by atoms with van der Waals surface area (Å²) in [5.74, 6) is 0.260. The van der Waals surface area contributed by atoms with Crippen LogP contribution in [0.5, 0.6) is 0 Å². The molecule has 1 N–H and O–H groups in total. The predicted octanol–water partition coefficient (Wildman–Crippen LogP) is 2.44. The van der Waals surface area contributed by atoms with Crippen LogP contribution in [0.3, 0.4) is 0 Å². The highest BCUT2D eigenvalue weighted by Gasteiger charge is 2.37. The summed E-state index contributed by atoms with van der Waals surface area (Å²) >= 11 is 0. The summed E-state index contributed by atoms with van der Waals surface area (Å²) in [6.45, 7) is 14.6. The molecule has 0 spiro atoms. The minimum atomic E-state index is -3.04. The van der Waals surface area contributed by atoms with Crippen LogP contribution in [0.25, 0.3) is 0 Å². The highest BCUT2D eigenvalue weighted by molar-refractivity contribution is 7.92. The Kier molecular flexibility index (Phi) is 6.28. The fourth-order valence-electron chi connectivity index (χ4n) is 2.97. The molecule has 1 aliphatic heterocycles. The smallest absolute Gasteiger partial charge is 0.156 e. The number of nitrogens with one attached hydrogen (secondary N) is 1. The third-order valence-electron chi connectivity index (χ3n) is 5.14. The Balaban J connectivity index is 2.78. The summed E-state index contributed by atoms with van der Waals surface area (Å²) in [6, 6.07) is 0.450. The lowest BCUT2D eigenvalue weighted by molar-refractivity contribution is 0.0759. The molecule has 0 aromatic carbocycles. The first-order valence-corrected chi connectivity index (χ1v) is 9.97. The van der Waals surface area contributed by atoms with Crippen LogP contribution in [-0.4, -0.2) is 55.0 Å². The SMILES string of the molecule is CCC1CNC(CC)(CC)CN1CCS(=O)(=O)C(C)(C)C. The summed E-state index contributed by atoms with van der Waals surface area (Å²) in [6.07, 6.45) is 3.23. The maximum atomic E-state index is 12.3. The molecule has 0 bridgehead atoms. The van der Waals surface area contributed by atoms with Crippen molar-refractivity contribution in [1.29, 1.82) is 0 Å². The van der Waals surface area contributed by atoms with Crippen LogP contribution in [0.2, 0.25) is 0 Å². The van der Waals surface area contributed by atoms with Gasteiger partial charge in [0.15, 0.2) is 9.84 Å². The van der Waals surface area contributed by atoms with Crippen LogP contribution in [0, 0.1) is 0 Å². The topological polar surface area (TPSA) is 49.4 Å². The van der Waals surface area contributed by atoms with Crippen molar-refractivity contribution in [3.05, 3.63) is 0 Å². The average Bonchev–Trinajstić information content (AvgIpc) is 2.43. The highest BCUT2D eigenvalue weighted by Crippen LogP contribution is 2.24. The van der Waals surface area contributed by atoms with E-state index in [2.05, 4.69) is 31.0 Å². The third-order valence-corrected chi connectivity index (χ3v) is 7.73. The van der Waals surface area contributed by atoms with E-state index < -0.39 is 14.6 Å². The van der Waals surface area contributed by atoms with E-state index in [9.17, 15) is 8.42 Å². The number of nitrogens with zero attached hydrogens (tertiary/aromatic N) is 1. The van der Waals surface area contributed by atoms with Crippen LogP contribution in [-0.2, 0) is 9.84 Å². The Bertz CT molecular complexity index is 422. The zero-order chi connectivity index (χ0) is 16.3. The van der Waals surface area contributed by atoms with Gasteiger partial charge in [-0.2, -0.15) is 0 Å². The number of piperazine rings is 1. The molecule has 0 amide bonds. The molecule has 1 unspecified atom stereocenters. The Morgan fingerprint density at radius 2 is 1.76 bits per heavy atom. The standard InChI is InChI=1S/C16H34N2O2S/c1-7-14-12-17-16(8-2,9-3)13-18(14)10-11-21(19,20)15(4,5)6/h14,17H,7-13H2,1-6H3. The molecule has 126 valence electrons. The summed E-state index contributed by atoms with van der Waals surface area (Å²) in [4.78, 5) is 2.40. The predicted molar refractivity (Wildman–Crippen MR) is 90.5 cm³/mol. The average molecular weight is 319 g/mol. The Morgan fingerprint density at radius 3 is 2.19 bits per heavy atom. The van der Waals surface area contributed by atoms with Crippen LogP contribution in [0.4, 0.5) is 0 Å². The van der Waals surface area contributed by atoms with Crippen molar-refractivity contribution < 1.29 is 8.42 Å². The molecule has 1 fully saturated rings. The number of rotatable bonds is 6. The molecule has 0 aliphatic carbocycles. The van der Waals surface area contributed by atoms with Gasteiger partial charge in [0, 0.05) is 31.2 Å². The van der Waals surface area contributed by atoms with E-state index in [0.717, 1.165) is 32.4 Å². The van der Waals surface area contributed by atoms with Crippen molar-refractivity contribution in [2.75, 3.05) is 25.4 Å². The molecule has 0 aromatic rings. The van der Waals surface area contributed by atoms with Gasteiger partial charge in [0.2, 0.25) is 0 Å². The van der Waals surface area contributed by atoms with E-state index in [1.807, 2.05) is 0 Å². The first-order chi connectivity index (χ1) is 9.61. The van der Waals surface area contributed by atoms with E-state index in [4.69, 9.17) is 0 Å². The Hall–Kier alpha value is -0.130. The van der Waals surface area contributed by atoms with Gasteiger partial charge in [0.25, 0.3) is 0 Å². The van der Waals surface area contributed by atoms with Crippen LogP contribution in [0.15, 0.2) is 0 Å². The molecule has 1 saturated heterocycles. The second-order valence-electron chi connectivity index (χ2n) is 7.33. The molecule has 1 rings (SSSR count). The van der Waals surface area contributed by atoms with Crippen molar-refractivity contribution in [3.63, 3.8) is 0 Å². The number of hydrogen-bond donors (Lipinski definition) is 1. The molecule has 0 saturated carbocycles. The highest BCUT2D eigenvalue weighted by atomic mass is 32.2. The van der Waals surface area contributed by atoms with E-state index in [1.165, 1.54) is 0 Å². The molecule has 0 aromatic heterocycles. The third kappa shape index (κ3) is 4.42. The van der Waals surface area contributed by atoms with Gasteiger partial charge in [-0.1, -0.05) is 20.8 Å². The quantitative estimate of drug-likeness (QED) is 0.817. The molecule has 1 aliphatic rings. The van der Waals surface area contributed by atoms with E-state index in [0.29, 0.717) is 12.6 Å². The summed E-state index contributed by atoms with van der Waals surface area (Å²) < 4.78 is 24.0. The monoisotopic (exact) mass is 318 g/mol. The molecule has 1 heterocycles. The van der Waals surface area contributed by atoms with Gasteiger partial charge in [0.05, 0.1) is 10.5 Å². The second kappa shape index (κ2) is 6.97. The van der Waals surface area contributed by atoms with Gasteiger partial charge < -0.3 is 5.32 Å². The van der Waals surface area contributed by atoms with Crippen molar-refractivity contribution in [2.24, 2.45) is 0 Å². The lowest BCUT2D eigenvalue weighted by Crippen LogP contribution is -2.64. The van der Waals surface area contributed by atoms with Gasteiger partial charge >= 0.3 is 0 Å². The van der Waals surface area contributed by atoms with Gasteiger partial charge in [0.1, 0.15) is 0 Å². The second-order valence-corrected chi connectivity index (χ2v) is 10.2. The van der Waals surface area contributed by atoms with Gasteiger partial charge in [-0.05, 0) is 40.0 Å². The summed E-state index contributed by atoms with van der Waals surface area (Å²) in [5, 5.41) is 3.70. The maximum Gasteiger partial charge on any atom is 0.156 e. The van der Waals surface area contributed by atoms with Crippen LogP contribution < -0.4 is 5.32 Å². The zero-order valence-electron chi connectivity index (χ0n) is 14.7. The van der Waals surface area contributed by atoms with E-state index >= 15 is 0 Å². The molecule has 0 radical (unpaired) electrons. The zero-order valence-corrected chi connectivity index (χ0v) is 15.5. The molecule has 1 atom stereocenters. The minimum Gasteiger partial charge on any atom is -0.308 e. The Morgan fingerprint density at radius 1 is 1.19 bits per heavy atom. The first-order valence-electron chi connectivity index (χ1n) is 8.32. The largest absolute Gasteiger partial charge is 0.308 e. The van der Waals surface area contributed by atoms with Crippen molar-refractivity contribution in [3.8, 4) is 0 Å². The molecule has 4 nitrogen and oxygen atoms in total. The maximum absolute atomic E-state index is 12.3. The fourth-order valence-corrected chi connectivity index (χ4v) is 4.06. The summed E-state index contributed by atoms with van der Waals surface area (Å²) in [5.41, 5.74) is 0.150. The van der Waals surface area contributed by atoms with Gasteiger partial charge in [-0.3, -0.25) is 4.90 Å². The minimum absolute atomic E-state index is 0.150. The number of sulfone groups is 1. The molecule has 21 heavy (non-hydrogen) atoms. The van der Waals surface area contributed by atoms with Crippen molar-refractivity contribution >= 4 is 9.84 Å². The van der Waals surface area contributed by atoms with Gasteiger partial charge in [-0.25, -0.2) is 8.42 Å². The Labute approximate surface area is 131 Å². The molecular weight excluding hydrogens is 284 g/mol. The molecular formula is C16H34N2O2S. The van der Waals surface area contributed by atoms with E-state index in [1.54, 1.807) is 20.8 Å². The lowest BCUT2D eigenvalue weighted by Gasteiger charge is -2.47. The van der Waals surface area contributed by atoms with Gasteiger partial charge in [-0.15, -0.1) is 0 Å². The lowest BCUT2D eigenvalue weighted by atomic mass is 9.88.